The molecule has 0 radical (unpaired) electrons. The first-order valence-corrected chi connectivity index (χ1v) is 11.3. The second kappa shape index (κ2) is 8.26. The van der Waals surface area contributed by atoms with Crippen molar-refractivity contribution in [3.05, 3.63) is 29.8 Å². The maximum absolute atomic E-state index is 12.3. The van der Waals surface area contributed by atoms with Crippen LogP contribution >= 0.6 is 0 Å². The lowest BCUT2D eigenvalue weighted by Gasteiger charge is -2.31. The van der Waals surface area contributed by atoms with Crippen LogP contribution in [0.15, 0.2) is 29.4 Å². The number of amidine groups is 1. The maximum atomic E-state index is 12.3. The molecule has 2 aliphatic rings. The Hall–Kier alpha value is -1.84. The number of hydrazine groups is 2. The first-order chi connectivity index (χ1) is 13.2. The average molecular weight is 409 g/mol. The van der Waals surface area contributed by atoms with Gasteiger partial charge >= 0.3 is 0 Å². The van der Waals surface area contributed by atoms with Crippen LogP contribution in [0.5, 0.6) is 0 Å². The van der Waals surface area contributed by atoms with E-state index in [1.54, 1.807) is 20.8 Å². The van der Waals surface area contributed by atoms with Gasteiger partial charge in [0, 0.05) is 30.9 Å². The van der Waals surface area contributed by atoms with E-state index in [1.807, 2.05) is 24.2 Å². The lowest BCUT2D eigenvalue weighted by molar-refractivity contribution is 0.322. The summed E-state index contributed by atoms with van der Waals surface area (Å²) in [6.45, 7) is 6.11. The van der Waals surface area contributed by atoms with Crippen LogP contribution in [0, 0.1) is 5.92 Å². The van der Waals surface area contributed by atoms with Gasteiger partial charge in [-0.3, -0.25) is 5.01 Å². The molecule has 3 rings (SSSR count). The molecular weight excluding hydrogens is 376 g/mol. The largest absolute Gasteiger partial charge is 0.385 e. The molecule has 4 N–H and O–H groups in total. The molecule has 156 valence electrons. The topological polar surface area (TPSA) is 97.9 Å². The fraction of sp³-hybridized carbons (Fsp3) is 0.632. The molecular formula is C19H32N6O2S. The van der Waals surface area contributed by atoms with E-state index in [4.69, 9.17) is 0 Å². The van der Waals surface area contributed by atoms with Gasteiger partial charge in [-0.1, -0.05) is 0 Å². The van der Waals surface area contributed by atoms with E-state index in [9.17, 15) is 8.42 Å². The number of hydrogen-bond acceptors (Lipinski definition) is 7. The molecule has 0 saturated heterocycles. The number of anilines is 1. The van der Waals surface area contributed by atoms with Crippen molar-refractivity contribution in [2.75, 3.05) is 18.9 Å². The summed E-state index contributed by atoms with van der Waals surface area (Å²) in [7, 11) is -1.37. The van der Waals surface area contributed by atoms with Crippen molar-refractivity contribution in [2.24, 2.45) is 11.0 Å². The summed E-state index contributed by atoms with van der Waals surface area (Å²) >= 11 is 0. The summed E-state index contributed by atoms with van der Waals surface area (Å²) in [6.07, 6.45) is 3.85. The zero-order chi connectivity index (χ0) is 20.4. The van der Waals surface area contributed by atoms with E-state index in [2.05, 4.69) is 38.3 Å². The Balaban J connectivity index is 1.44. The van der Waals surface area contributed by atoms with E-state index in [-0.39, 0.29) is 6.04 Å². The normalized spacial score (nSPS) is 23.3. The molecule has 0 unspecified atom stereocenters. The van der Waals surface area contributed by atoms with E-state index >= 15 is 0 Å². The first-order valence-electron chi connectivity index (χ1n) is 9.84. The minimum atomic E-state index is -3.27. The number of hydrazone groups is 1. The van der Waals surface area contributed by atoms with Crippen LogP contribution in [-0.2, 0) is 10.0 Å². The van der Waals surface area contributed by atoms with Crippen LogP contribution in [0.3, 0.4) is 0 Å². The zero-order valence-corrected chi connectivity index (χ0v) is 17.9. The second-order valence-corrected chi connectivity index (χ2v) is 11.1. The molecule has 1 fully saturated rings. The highest BCUT2D eigenvalue weighted by atomic mass is 32.2. The molecule has 0 amide bonds. The van der Waals surface area contributed by atoms with Gasteiger partial charge in [-0.15, -0.1) is 10.6 Å². The highest BCUT2D eigenvalue weighted by molar-refractivity contribution is 7.90. The molecule has 1 aromatic carbocycles. The quantitative estimate of drug-likeness (QED) is 0.575. The first kappa shape index (κ1) is 20.9. The fourth-order valence-electron chi connectivity index (χ4n) is 3.42. The molecule has 1 aliphatic heterocycles. The molecule has 1 saturated carbocycles. The molecule has 1 aromatic rings. The molecule has 0 bridgehead atoms. The molecule has 9 heteroatoms. The Kier molecular flexibility index (Phi) is 6.16. The van der Waals surface area contributed by atoms with Crippen molar-refractivity contribution >= 4 is 21.5 Å². The van der Waals surface area contributed by atoms with Gasteiger partial charge in [0.25, 0.3) is 0 Å². The third-order valence-corrected chi connectivity index (χ3v) is 7.67. The van der Waals surface area contributed by atoms with E-state index in [0.29, 0.717) is 5.92 Å². The van der Waals surface area contributed by atoms with E-state index in [1.165, 1.54) is 0 Å². The van der Waals surface area contributed by atoms with Crippen LogP contribution in [0.2, 0.25) is 0 Å². The minimum absolute atomic E-state index is 0.0613. The Morgan fingerprint density at radius 1 is 1.14 bits per heavy atom. The predicted octanol–water partition coefficient (Wildman–Crippen LogP) is 1.99. The van der Waals surface area contributed by atoms with Gasteiger partial charge in [0.15, 0.2) is 5.84 Å². The van der Waals surface area contributed by atoms with E-state index in [0.717, 1.165) is 49.3 Å². The van der Waals surface area contributed by atoms with Crippen molar-refractivity contribution in [2.45, 2.75) is 57.2 Å². The summed E-state index contributed by atoms with van der Waals surface area (Å²) in [5, 5.41) is 9.53. The standard InChI is InChI=1S/C19H32N6O2S/c1-19(2,3)28(26,27)22-17-9-5-14(6-10-17)13-20-16-11-7-15(8-12-16)18-21-23-24-25(18)4/h7-8,11-12,14,17,20,22-24H,5-6,9-10,13H2,1-4H3. The molecule has 0 aromatic heterocycles. The fourth-order valence-corrected chi connectivity index (χ4v) is 4.45. The molecule has 1 heterocycles. The monoisotopic (exact) mass is 408 g/mol. The number of rotatable bonds is 6. The van der Waals surface area contributed by atoms with Crippen molar-refractivity contribution in [3.8, 4) is 0 Å². The molecule has 0 spiro atoms. The smallest absolute Gasteiger partial charge is 0.216 e. The Morgan fingerprint density at radius 2 is 1.79 bits per heavy atom. The number of nitrogens with one attached hydrogen (secondary N) is 4. The molecule has 28 heavy (non-hydrogen) atoms. The highest BCUT2D eigenvalue weighted by Crippen LogP contribution is 2.26. The lowest BCUT2D eigenvalue weighted by atomic mass is 9.86. The predicted molar refractivity (Wildman–Crippen MR) is 113 cm³/mol. The number of nitrogens with zero attached hydrogens (tertiary/aromatic N) is 2. The maximum Gasteiger partial charge on any atom is 0.216 e. The summed E-state index contributed by atoms with van der Waals surface area (Å²) in [5.74, 6) is 1.41. The summed E-state index contributed by atoms with van der Waals surface area (Å²) in [6, 6.07) is 8.28. The van der Waals surface area contributed by atoms with Crippen molar-refractivity contribution in [3.63, 3.8) is 0 Å². The van der Waals surface area contributed by atoms with Crippen molar-refractivity contribution in [1.82, 2.24) is 20.8 Å². The number of benzene rings is 1. The van der Waals surface area contributed by atoms with E-state index < -0.39 is 14.8 Å². The van der Waals surface area contributed by atoms with Gasteiger partial charge in [-0.25, -0.2) is 18.7 Å². The Bertz CT molecular complexity index is 793. The number of sulfonamides is 1. The second-order valence-electron chi connectivity index (χ2n) is 8.63. The van der Waals surface area contributed by atoms with Crippen molar-refractivity contribution in [1.29, 1.82) is 0 Å². The van der Waals surface area contributed by atoms with Gasteiger partial charge in [-0.2, -0.15) is 0 Å². The molecule has 8 nitrogen and oxygen atoms in total. The minimum Gasteiger partial charge on any atom is -0.385 e. The highest BCUT2D eigenvalue weighted by Gasteiger charge is 2.32. The summed E-state index contributed by atoms with van der Waals surface area (Å²) < 4.78 is 26.8. The molecule has 0 atom stereocenters. The van der Waals surface area contributed by atoms with Gasteiger partial charge < -0.3 is 5.32 Å². The Morgan fingerprint density at radius 3 is 2.32 bits per heavy atom. The van der Waals surface area contributed by atoms with Gasteiger partial charge in [-0.05, 0) is 76.6 Å². The van der Waals surface area contributed by atoms with Crippen LogP contribution in [0.1, 0.15) is 52.0 Å². The Labute approximate surface area is 168 Å². The third kappa shape index (κ3) is 4.95. The van der Waals surface area contributed by atoms with Gasteiger partial charge in [0.2, 0.25) is 10.0 Å². The summed E-state index contributed by atoms with van der Waals surface area (Å²) in [4.78, 5) is 0. The third-order valence-electron chi connectivity index (χ3n) is 5.41. The molecule has 1 aliphatic carbocycles. The summed E-state index contributed by atoms with van der Waals surface area (Å²) in [5.41, 5.74) is 7.76. The van der Waals surface area contributed by atoms with Crippen LogP contribution in [0.25, 0.3) is 0 Å². The van der Waals surface area contributed by atoms with Crippen LogP contribution in [-0.4, -0.2) is 43.6 Å². The van der Waals surface area contributed by atoms with Crippen molar-refractivity contribution < 1.29 is 8.42 Å². The average Bonchev–Trinajstić information content (AvgIpc) is 3.06. The van der Waals surface area contributed by atoms with Crippen LogP contribution < -0.4 is 21.1 Å². The number of hydrogen-bond donors (Lipinski definition) is 4. The SMILES string of the molecule is CN1NNN=C1c1ccc(NCC2CCC(NS(=O)(=O)C(C)(C)C)CC2)cc1. The van der Waals surface area contributed by atoms with Gasteiger partial charge in [0.05, 0.1) is 4.75 Å². The zero-order valence-electron chi connectivity index (χ0n) is 17.1. The van der Waals surface area contributed by atoms with Crippen LogP contribution in [0.4, 0.5) is 5.69 Å². The van der Waals surface area contributed by atoms with Gasteiger partial charge in [0.1, 0.15) is 0 Å². The lowest BCUT2D eigenvalue weighted by Crippen LogP contribution is -2.46.